The molecule has 6 rings (SSSR count). The molecule has 7 nitrogen and oxygen atoms in total. The molecule has 4 aliphatic rings. The van der Waals surface area contributed by atoms with Crippen molar-refractivity contribution in [1.82, 2.24) is 0 Å². The van der Waals surface area contributed by atoms with E-state index in [1.54, 1.807) is 0 Å². The summed E-state index contributed by atoms with van der Waals surface area (Å²) >= 11 is 0. The van der Waals surface area contributed by atoms with Crippen LogP contribution in [0, 0.1) is 0 Å². The molecule has 2 aromatic rings. The topological polar surface area (TPSA) is 96.0 Å². The second-order valence-corrected chi connectivity index (χ2v) is 4.85. The van der Waals surface area contributed by atoms with Crippen LogP contribution in [0.15, 0.2) is 48.5 Å². The molecule has 0 spiro atoms. The van der Waals surface area contributed by atoms with Gasteiger partial charge in [0.15, 0.2) is 0 Å². The minimum Gasteiger partial charge on any atom is -0.426 e. The number of benzene rings is 2. The highest BCUT2D eigenvalue weighted by Crippen LogP contribution is 2.17. The zero-order valence-corrected chi connectivity index (χ0v) is 12.2. The van der Waals surface area contributed by atoms with Crippen molar-refractivity contribution in [2.24, 2.45) is 0 Å². The van der Waals surface area contributed by atoms with Gasteiger partial charge in [0, 0.05) is 0 Å². The lowest BCUT2D eigenvalue weighted by molar-refractivity contribution is -0.144. The first-order chi connectivity index (χ1) is 11.5. The second-order valence-electron chi connectivity index (χ2n) is 4.85. The third kappa shape index (κ3) is 3.46. The Balaban J connectivity index is 1.94. The molecule has 4 bridgehead atoms. The van der Waals surface area contributed by atoms with Gasteiger partial charge in [-0.15, -0.1) is 0 Å². The van der Waals surface area contributed by atoms with E-state index in [-0.39, 0.29) is 22.6 Å². The third-order valence-corrected chi connectivity index (χ3v) is 3.12. The highest BCUT2D eigenvalue weighted by molar-refractivity contribution is 6.02. The van der Waals surface area contributed by atoms with E-state index in [9.17, 15) is 19.2 Å². The number of hydrogen-bond acceptors (Lipinski definition) is 7. The summed E-state index contributed by atoms with van der Waals surface area (Å²) in [5.41, 5.74) is 0.234. The summed E-state index contributed by atoms with van der Waals surface area (Å²) in [6, 6.07) is 10.8. The van der Waals surface area contributed by atoms with Gasteiger partial charge in [0.05, 0.1) is 11.1 Å². The van der Waals surface area contributed by atoms with Crippen molar-refractivity contribution in [3.8, 4) is 11.5 Å². The van der Waals surface area contributed by atoms with Crippen molar-refractivity contribution >= 4 is 23.9 Å². The van der Waals surface area contributed by atoms with Gasteiger partial charge in [-0.25, -0.2) is 9.59 Å². The minimum absolute atomic E-state index is 0.117. The quantitative estimate of drug-likeness (QED) is 0.414. The Morgan fingerprint density at radius 2 is 0.917 bits per heavy atom. The van der Waals surface area contributed by atoms with Crippen LogP contribution in [0.1, 0.15) is 27.1 Å². The molecular formula is C17H10O7. The fraction of sp³-hybridized carbons (Fsp3) is 0.0588. The number of carbonyl (C=O) groups excluding carboxylic acids is 4. The van der Waals surface area contributed by atoms with E-state index in [0.29, 0.717) is 0 Å². The van der Waals surface area contributed by atoms with Crippen LogP contribution in [0.2, 0.25) is 0 Å². The van der Waals surface area contributed by atoms with Crippen LogP contribution in [0.25, 0.3) is 0 Å². The van der Waals surface area contributed by atoms with Crippen molar-refractivity contribution in [2.75, 3.05) is 0 Å². The summed E-state index contributed by atoms with van der Waals surface area (Å²) in [4.78, 5) is 47.2. The van der Waals surface area contributed by atoms with Gasteiger partial charge in [0.25, 0.3) is 0 Å². The van der Waals surface area contributed by atoms with Crippen LogP contribution in [-0.2, 0) is 14.3 Å². The molecule has 0 atom stereocenters. The predicted octanol–water partition coefficient (Wildman–Crippen LogP) is 1.90. The van der Waals surface area contributed by atoms with Gasteiger partial charge in [0.1, 0.15) is 17.9 Å². The zero-order chi connectivity index (χ0) is 17.1. The SMILES string of the molecule is O=C1CC(=O)Oc2ccc(cc2)C(=O)OC(=O)c2ccc(cc2)O1. The van der Waals surface area contributed by atoms with Crippen molar-refractivity contribution in [1.29, 1.82) is 0 Å². The highest BCUT2D eigenvalue weighted by Gasteiger charge is 2.18. The first-order valence-electron chi connectivity index (χ1n) is 6.89. The van der Waals surface area contributed by atoms with Gasteiger partial charge in [-0.05, 0) is 48.5 Å². The van der Waals surface area contributed by atoms with E-state index in [0.717, 1.165) is 0 Å². The van der Waals surface area contributed by atoms with Gasteiger partial charge in [-0.3, -0.25) is 9.59 Å². The molecule has 0 aliphatic carbocycles. The zero-order valence-electron chi connectivity index (χ0n) is 12.2. The first kappa shape index (κ1) is 15.4. The van der Waals surface area contributed by atoms with E-state index in [2.05, 4.69) is 0 Å². The number of carbonyl (C=O) groups is 4. The van der Waals surface area contributed by atoms with E-state index < -0.39 is 30.3 Å². The molecule has 0 saturated heterocycles. The average Bonchev–Trinajstić information content (AvgIpc) is 2.55. The molecule has 2 aromatic carbocycles. The molecule has 4 aliphatic heterocycles. The predicted molar refractivity (Wildman–Crippen MR) is 78.5 cm³/mol. The summed E-state index contributed by atoms with van der Waals surface area (Å²) in [6.45, 7) is 0. The molecule has 4 heterocycles. The second kappa shape index (κ2) is 6.33. The van der Waals surface area contributed by atoms with Gasteiger partial charge >= 0.3 is 23.9 Å². The molecule has 0 aromatic heterocycles. The van der Waals surface area contributed by atoms with Gasteiger partial charge < -0.3 is 14.2 Å². The summed E-state index contributed by atoms with van der Waals surface area (Å²) in [7, 11) is 0. The largest absolute Gasteiger partial charge is 0.426 e. The highest BCUT2D eigenvalue weighted by atomic mass is 16.6. The molecular weight excluding hydrogens is 316 g/mol. The van der Waals surface area contributed by atoms with Crippen molar-refractivity contribution in [3.05, 3.63) is 59.7 Å². The standard InChI is InChI=1S/C17H10O7/c18-14-9-15(19)23-13-7-3-11(4-8-13)17(21)24-16(20)10-1-5-12(22-14)6-2-10/h1-8H,9H2. The molecule has 0 fully saturated rings. The van der Waals surface area contributed by atoms with Crippen molar-refractivity contribution < 1.29 is 33.4 Å². The Bertz CT molecular complexity index is 750. The maximum absolute atomic E-state index is 11.9. The van der Waals surface area contributed by atoms with Gasteiger partial charge in [0.2, 0.25) is 0 Å². The number of rotatable bonds is 0. The lowest BCUT2D eigenvalue weighted by Gasteiger charge is -2.08. The normalized spacial score (nSPS) is 15.0. The van der Waals surface area contributed by atoms with Crippen molar-refractivity contribution in [3.63, 3.8) is 0 Å². The summed E-state index contributed by atoms with van der Waals surface area (Å²) < 4.78 is 14.7. The molecule has 7 heteroatoms. The van der Waals surface area contributed by atoms with Crippen LogP contribution in [-0.4, -0.2) is 23.9 Å². The monoisotopic (exact) mass is 326 g/mol. The first-order valence-corrected chi connectivity index (χ1v) is 6.89. The fourth-order valence-corrected chi connectivity index (χ4v) is 1.97. The Labute approximate surface area is 135 Å². The van der Waals surface area contributed by atoms with E-state index in [1.807, 2.05) is 0 Å². The minimum atomic E-state index is -0.833. The fourth-order valence-electron chi connectivity index (χ4n) is 1.97. The van der Waals surface area contributed by atoms with Crippen LogP contribution >= 0.6 is 0 Å². The third-order valence-electron chi connectivity index (χ3n) is 3.12. The Kier molecular flexibility index (Phi) is 4.07. The molecule has 0 amide bonds. The molecule has 0 unspecified atom stereocenters. The molecule has 0 radical (unpaired) electrons. The molecule has 0 saturated carbocycles. The maximum atomic E-state index is 11.9. The summed E-state index contributed by atoms with van der Waals surface area (Å²) in [6.07, 6.45) is -0.579. The lowest BCUT2D eigenvalue weighted by atomic mass is 10.2. The van der Waals surface area contributed by atoms with Crippen molar-refractivity contribution in [2.45, 2.75) is 6.42 Å². The summed E-state index contributed by atoms with van der Waals surface area (Å²) in [5.74, 6) is -2.97. The molecule has 120 valence electrons. The summed E-state index contributed by atoms with van der Waals surface area (Å²) in [5, 5.41) is 0. The van der Waals surface area contributed by atoms with Crippen LogP contribution in [0.5, 0.6) is 11.5 Å². The smallest absolute Gasteiger partial charge is 0.346 e. The van der Waals surface area contributed by atoms with Crippen LogP contribution in [0.3, 0.4) is 0 Å². The number of hydrogen-bond donors (Lipinski definition) is 0. The maximum Gasteiger partial charge on any atom is 0.346 e. The van der Waals surface area contributed by atoms with Crippen LogP contribution in [0.4, 0.5) is 0 Å². The van der Waals surface area contributed by atoms with E-state index in [1.165, 1.54) is 48.5 Å². The van der Waals surface area contributed by atoms with Gasteiger partial charge in [-0.1, -0.05) is 0 Å². The lowest BCUT2D eigenvalue weighted by Crippen LogP contribution is -2.18. The van der Waals surface area contributed by atoms with E-state index in [4.69, 9.17) is 14.2 Å². The Hall–Kier alpha value is -3.48. The Morgan fingerprint density at radius 3 is 1.29 bits per heavy atom. The molecule has 24 heavy (non-hydrogen) atoms. The Morgan fingerprint density at radius 1 is 0.542 bits per heavy atom. The average molecular weight is 326 g/mol. The number of ether oxygens (including phenoxy) is 3. The van der Waals surface area contributed by atoms with Gasteiger partial charge in [-0.2, -0.15) is 0 Å². The van der Waals surface area contributed by atoms with E-state index >= 15 is 0 Å². The van der Waals surface area contributed by atoms with Crippen LogP contribution < -0.4 is 9.47 Å². The molecule has 0 N–H and O–H groups in total. The number of esters is 4.